The Hall–Kier alpha value is -1.36. The third-order valence-electron chi connectivity index (χ3n) is 2.85. The monoisotopic (exact) mass is 291 g/mol. The molecule has 0 aliphatic carbocycles. The Morgan fingerprint density at radius 3 is 2.85 bits per heavy atom. The van der Waals surface area contributed by atoms with Crippen LogP contribution in [0.5, 0.6) is 5.75 Å². The van der Waals surface area contributed by atoms with Crippen molar-refractivity contribution in [1.82, 2.24) is 5.32 Å². The van der Waals surface area contributed by atoms with Gasteiger partial charge in [-0.25, -0.2) is 0 Å². The van der Waals surface area contributed by atoms with Gasteiger partial charge >= 0.3 is 0 Å². The first kappa shape index (κ1) is 15.0. The molecule has 0 aliphatic rings. The highest BCUT2D eigenvalue weighted by atomic mass is 32.1. The molecule has 2 rings (SSSR count). The zero-order valence-electron chi connectivity index (χ0n) is 12.0. The summed E-state index contributed by atoms with van der Waals surface area (Å²) in [5.41, 5.74) is 1.13. The van der Waals surface area contributed by atoms with Gasteiger partial charge in [-0.05, 0) is 36.8 Å². The molecule has 4 heteroatoms. The summed E-state index contributed by atoms with van der Waals surface area (Å²) < 4.78 is 10.8. The Bertz CT molecular complexity index is 525. The van der Waals surface area contributed by atoms with Gasteiger partial charge in [0.25, 0.3) is 0 Å². The maximum atomic E-state index is 5.72. The van der Waals surface area contributed by atoms with E-state index in [1.807, 2.05) is 35.6 Å². The number of methoxy groups -OCH3 is 1. The molecule has 0 amide bonds. The van der Waals surface area contributed by atoms with Crippen LogP contribution in [0, 0.1) is 6.92 Å². The Morgan fingerprint density at radius 1 is 1.20 bits per heavy atom. The standard InChI is InChI=1S/C16H21NO2S/c1-13-6-7-16(20-13)11-17-8-9-19-15-5-3-4-14(10-15)12-18-2/h3-7,10,17H,8-9,11-12H2,1-2H3. The van der Waals surface area contributed by atoms with Crippen molar-refractivity contribution >= 4 is 11.3 Å². The van der Waals surface area contributed by atoms with E-state index in [-0.39, 0.29) is 0 Å². The largest absolute Gasteiger partial charge is 0.492 e. The van der Waals surface area contributed by atoms with Gasteiger partial charge in [0.1, 0.15) is 12.4 Å². The first-order valence-corrected chi connectivity index (χ1v) is 7.56. The van der Waals surface area contributed by atoms with Crippen molar-refractivity contribution in [3.05, 3.63) is 51.7 Å². The molecule has 108 valence electrons. The zero-order chi connectivity index (χ0) is 14.2. The lowest BCUT2D eigenvalue weighted by Crippen LogP contribution is -2.20. The van der Waals surface area contributed by atoms with Crippen molar-refractivity contribution in [2.24, 2.45) is 0 Å². The summed E-state index contributed by atoms with van der Waals surface area (Å²) in [5, 5.41) is 3.39. The average molecular weight is 291 g/mol. The zero-order valence-corrected chi connectivity index (χ0v) is 12.8. The van der Waals surface area contributed by atoms with Crippen LogP contribution in [0.2, 0.25) is 0 Å². The summed E-state index contributed by atoms with van der Waals surface area (Å²) >= 11 is 1.83. The van der Waals surface area contributed by atoms with Crippen molar-refractivity contribution < 1.29 is 9.47 Å². The fourth-order valence-electron chi connectivity index (χ4n) is 1.92. The molecule has 0 atom stereocenters. The molecule has 0 fully saturated rings. The van der Waals surface area contributed by atoms with Gasteiger partial charge in [0, 0.05) is 30.0 Å². The number of thiophene rings is 1. The lowest BCUT2D eigenvalue weighted by atomic mass is 10.2. The van der Waals surface area contributed by atoms with Crippen LogP contribution >= 0.6 is 11.3 Å². The Morgan fingerprint density at radius 2 is 2.10 bits per heavy atom. The predicted molar refractivity (Wildman–Crippen MR) is 83.4 cm³/mol. The van der Waals surface area contributed by atoms with E-state index in [4.69, 9.17) is 9.47 Å². The second kappa shape index (κ2) is 8.04. The summed E-state index contributed by atoms with van der Waals surface area (Å²) in [6, 6.07) is 12.3. The molecule has 0 aliphatic heterocycles. The summed E-state index contributed by atoms with van der Waals surface area (Å²) in [5.74, 6) is 0.897. The van der Waals surface area contributed by atoms with Crippen LogP contribution in [0.1, 0.15) is 15.3 Å². The number of rotatable bonds is 8. The molecule has 2 aromatic rings. The quantitative estimate of drug-likeness (QED) is 0.756. The van der Waals surface area contributed by atoms with E-state index in [0.717, 1.165) is 24.4 Å². The van der Waals surface area contributed by atoms with E-state index in [1.165, 1.54) is 9.75 Å². The molecule has 3 nitrogen and oxygen atoms in total. The smallest absolute Gasteiger partial charge is 0.119 e. The van der Waals surface area contributed by atoms with Crippen molar-refractivity contribution in [3.8, 4) is 5.75 Å². The Labute approximate surface area is 124 Å². The normalized spacial score (nSPS) is 10.7. The number of ether oxygens (including phenoxy) is 2. The molecule has 0 radical (unpaired) electrons. The van der Waals surface area contributed by atoms with E-state index in [9.17, 15) is 0 Å². The highest BCUT2D eigenvalue weighted by molar-refractivity contribution is 7.11. The fraction of sp³-hybridized carbons (Fsp3) is 0.375. The molecular formula is C16H21NO2S. The van der Waals surface area contributed by atoms with Crippen LogP contribution in [0.3, 0.4) is 0 Å². The van der Waals surface area contributed by atoms with Gasteiger partial charge < -0.3 is 14.8 Å². The first-order valence-electron chi connectivity index (χ1n) is 6.74. The van der Waals surface area contributed by atoms with Gasteiger partial charge in [0.15, 0.2) is 0 Å². The van der Waals surface area contributed by atoms with E-state index in [0.29, 0.717) is 13.2 Å². The van der Waals surface area contributed by atoms with Crippen LogP contribution in [0.25, 0.3) is 0 Å². The van der Waals surface area contributed by atoms with Crippen LogP contribution < -0.4 is 10.1 Å². The number of benzene rings is 1. The summed E-state index contributed by atoms with van der Waals surface area (Å²) in [6.45, 7) is 5.16. The summed E-state index contributed by atoms with van der Waals surface area (Å²) in [7, 11) is 1.70. The molecule has 0 unspecified atom stereocenters. The topological polar surface area (TPSA) is 30.5 Å². The number of hydrogen-bond acceptors (Lipinski definition) is 4. The fourth-order valence-corrected chi connectivity index (χ4v) is 2.78. The van der Waals surface area contributed by atoms with E-state index in [1.54, 1.807) is 7.11 Å². The molecule has 1 aromatic carbocycles. The molecule has 0 saturated carbocycles. The minimum absolute atomic E-state index is 0.618. The van der Waals surface area contributed by atoms with Gasteiger partial charge in [-0.2, -0.15) is 0 Å². The lowest BCUT2D eigenvalue weighted by Gasteiger charge is -2.08. The summed E-state index contributed by atoms with van der Waals surface area (Å²) in [4.78, 5) is 2.72. The first-order chi connectivity index (χ1) is 9.78. The van der Waals surface area contributed by atoms with Crippen molar-refractivity contribution in [2.45, 2.75) is 20.1 Å². The van der Waals surface area contributed by atoms with Gasteiger partial charge in [-0.3, -0.25) is 0 Å². The highest BCUT2D eigenvalue weighted by Gasteiger charge is 1.98. The van der Waals surface area contributed by atoms with E-state index < -0.39 is 0 Å². The molecule has 1 aromatic heterocycles. The molecule has 1 heterocycles. The van der Waals surface area contributed by atoms with Gasteiger partial charge in [0.05, 0.1) is 6.61 Å². The molecular weight excluding hydrogens is 270 g/mol. The van der Waals surface area contributed by atoms with Gasteiger partial charge in [-0.15, -0.1) is 11.3 Å². The molecule has 0 spiro atoms. The maximum absolute atomic E-state index is 5.72. The highest BCUT2D eigenvalue weighted by Crippen LogP contribution is 2.15. The summed E-state index contributed by atoms with van der Waals surface area (Å²) in [6.07, 6.45) is 0. The van der Waals surface area contributed by atoms with E-state index >= 15 is 0 Å². The minimum Gasteiger partial charge on any atom is -0.492 e. The van der Waals surface area contributed by atoms with Crippen LogP contribution in [-0.4, -0.2) is 20.3 Å². The minimum atomic E-state index is 0.618. The van der Waals surface area contributed by atoms with Crippen molar-refractivity contribution in [2.75, 3.05) is 20.3 Å². The SMILES string of the molecule is COCc1cccc(OCCNCc2ccc(C)s2)c1. The predicted octanol–water partition coefficient (Wildman–Crippen LogP) is 3.37. The Balaban J connectivity index is 1.66. The van der Waals surface area contributed by atoms with Crippen LogP contribution in [-0.2, 0) is 17.9 Å². The average Bonchev–Trinajstić information content (AvgIpc) is 2.85. The lowest BCUT2D eigenvalue weighted by molar-refractivity contribution is 0.184. The van der Waals surface area contributed by atoms with Crippen LogP contribution in [0.4, 0.5) is 0 Å². The van der Waals surface area contributed by atoms with Gasteiger partial charge in [-0.1, -0.05) is 12.1 Å². The third-order valence-corrected chi connectivity index (χ3v) is 3.85. The van der Waals surface area contributed by atoms with Crippen LogP contribution in [0.15, 0.2) is 36.4 Å². The molecule has 1 N–H and O–H groups in total. The van der Waals surface area contributed by atoms with Crippen molar-refractivity contribution in [1.29, 1.82) is 0 Å². The molecule has 20 heavy (non-hydrogen) atoms. The molecule has 0 bridgehead atoms. The third kappa shape index (κ3) is 4.96. The maximum Gasteiger partial charge on any atom is 0.119 e. The second-order valence-corrected chi connectivity index (χ2v) is 5.99. The Kier molecular flexibility index (Phi) is 6.05. The van der Waals surface area contributed by atoms with Crippen molar-refractivity contribution in [3.63, 3.8) is 0 Å². The molecule has 0 saturated heterocycles. The number of hydrogen-bond donors (Lipinski definition) is 1. The number of aryl methyl sites for hydroxylation is 1. The van der Waals surface area contributed by atoms with Gasteiger partial charge in [0.2, 0.25) is 0 Å². The second-order valence-electron chi connectivity index (χ2n) is 4.62. The van der Waals surface area contributed by atoms with E-state index in [2.05, 4.69) is 24.4 Å². The number of nitrogens with one attached hydrogen (secondary N) is 1.